The predicted octanol–water partition coefficient (Wildman–Crippen LogP) is 1.03. The van der Waals surface area contributed by atoms with Crippen molar-refractivity contribution in [1.82, 2.24) is 0 Å². The highest BCUT2D eigenvalue weighted by atomic mass is 16.7. The Kier molecular flexibility index (Phi) is 2.00. The summed E-state index contributed by atoms with van der Waals surface area (Å²) in [4.78, 5) is 11.2. The molecule has 2 heterocycles. The topological polar surface area (TPSA) is 57.3 Å². The minimum absolute atomic E-state index is 0.220. The zero-order valence-electron chi connectivity index (χ0n) is 8.64. The normalized spacial score (nSPS) is 25.3. The van der Waals surface area contributed by atoms with E-state index in [1.165, 1.54) is 7.11 Å². The number of methoxy groups -OCH3 is 1. The van der Waals surface area contributed by atoms with Gasteiger partial charge in [0.15, 0.2) is 17.6 Å². The summed E-state index contributed by atoms with van der Waals surface area (Å²) in [6, 6.07) is 5.50. The molecule has 0 bridgehead atoms. The lowest BCUT2D eigenvalue weighted by atomic mass is 10.1. The number of fused-ring (bicyclic) bond motifs is 1. The van der Waals surface area contributed by atoms with Gasteiger partial charge < -0.3 is 18.9 Å². The van der Waals surface area contributed by atoms with Gasteiger partial charge >= 0.3 is 5.97 Å². The van der Waals surface area contributed by atoms with Crippen molar-refractivity contribution in [1.29, 1.82) is 0 Å². The van der Waals surface area contributed by atoms with Gasteiger partial charge in [0.2, 0.25) is 6.79 Å². The molecule has 84 valence electrons. The van der Waals surface area contributed by atoms with Gasteiger partial charge in [-0.2, -0.15) is 0 Å². The van der Waals surface area contributed by atoms with Crippen LogP contribution >= 0.6 is 0 Å². The molecule has 0 saturated carbocycles. The van der Waals surface area contributed by atoms with Crippen molar-refractivity contribution in [3.63, 3.8) is 0 Å². The van der Waals surface area contributed by atoms with Gasteiger partial charge in [-0.15, -0.1) is 0 Å². The van der Waals surface area contributed by atoms with E-state index in [0.29, 0.717) is 5.75 Å². The van der Waals surface area contributed by atoms with Crippen LogP contribution in [0.5, 0.6) is 11.5 Å². The molecule has 1 fully saturated rings. The fourth-order valence-electron chi connectivity index (χ4n) is 1.75. The van der Waals surface area contributed by atoms with E-state index in [1.807, 2.05) is 18.2 Å². The predicted molar refractivity (Wildman–Crippen MR) is 52.2 cm³/mol. The average molecular weight is 222 g/mol. The van der Waals surface area contributed by atoms with Crippen LogP contribution in [0.3, 0.4) is 0 Å². The summed E-state index contributed by atoms with van der Waals surface area (Å²) in [6.07, 6.45) is -0.702. The molecule has 16 heavy (non-hydrogen) atoms. The van der Waals surface area contributed by atoms with Crippen molar-refractivity contribution in [3.05, 3.63) is 23.8 Å². The first-order valence-electron chi connectivity index (χ1n) is 4.92. The highest BCUT2D eigenvalue weighted by molar-refractivity contribution is 5.78. The summed E-state index contributed by atoms with van der Waals surface area (Å²) in [7, 11) is 1.35. The lowest BCUT2D eigenvalue weighted by molar-refractivity contribution is -0.142. The number of hydrogen-bond donors (Lipinski definition) is 0. The van der Waals surface area contributed by atoms with Crippen molar-refractivity contribution in [2.45, 2.75) is 12.2 Å². The van der Waals surface area contributed by atoms with Gasteiger partial charge in [-0.05, 0) is 17.7 Å². The lowest BCUT2D eigenvalue weighted by Gasteiger charge is -1.99. The summed E-state index contributed by atoms with van der Waals surface area (Å²) in [6.45, 7) is 0.241. The van der Waals surface area contributed by atoms with E-state index in [2.05, 4.69) is 4.74 Å². The molecule has 5 heteroatoms. The van der Waals surface area contributed by atoms with E-state index >= 15 is 0 Å². The second kappa shape index (κ2) is 3.38. The molecule has 1 aromatic carbocycles. The zero-order chi connectivity index (χ0) is 11.1. The highest BCUT2D eigenvalue weighted by Gasteiger charge is 2.47. The van der Waals surface area contributed by atoms with Gasteiger partial charge in [-0.1, -0.05) is 6.07 Å². The van der Waals surface area contributed by atoms with Crippen LogP contribution in [-0.2, 0) is 14.3 Å². The molecule has 0 radical (unpaired) electrons. The van der Waals surface area contributed by atoms with Crippen molar-refractivity contribution >= 4 is 5.97 Å². The fourth-order valence-corrected chi connectivity index (χ4v) is 1.75. The largest absolute Gasteiger partial charge is 0.467 e. The lowest BCUT2D eigenvalue weighted by Crippen LogP contribution is -2.09. The number of carbonyl (C=O) groups is 1. The van der Waals surface area contributed by atoms with E-state index in [4.69, 9.17) is 14.2 Å². The van der Waals surface area contributed by atoms with Crippen LogP contribution < -0.4 is 9.47 Å². The Labute approximate surface area is 91.9 Å². The van der Waals surface area contributed by atoms with Crippen molar-refractivity contribution in [3.8, 4) is 11.5 Å². The number of benzene rings is 1. The first-order chi connectivity index (χ1) is 7.79. The summed E-state index contributed by atoms with van der Waals surface area (Å²) >= 11 is 0. The summed E-state index contributed by atoms with van der Waals surface area (Å²) < 4.78 is 20.3. The summed E-state index contributed by atoms with van der Waals surface area (Å²) in [5, 5.41) is 0. The number of rotatable bonds is 2. The third kappa shape index (κ3) is 1.40. The minimum atomic E-state index is -0.481. The van der Waals surface area contributed by atoms with Gasteiger partial charge in [0.25, 0.3) is 0 Å². The smallest absolute Gasteiger partial charge is 0.338 e. The van der Waals surface area contributed by atoms with Gasteiger partial charge in [0.1, 0.15) is 6.10 Å². The monoisotopic (exact) mass is 222 g/mol. The molecular weight excluding hydrogens is 212 g/mol. The molecule has 0 spiro atoms. The van der Waals surface area contributed by atoms with Crippen LogP contribution in [0.15, 0.2) is 18.2 Å². The van der Waals surface area contributed by atoms with Gasteiger partial charge in [0, 0.05) is 0 Å². The third-order valence-corrected chi connectivity index (χ3v) is 2.65. The third-order valence-electron chi connectivity index (χ3n) is 2.65. The molecule has 2 atom stereocenters. The standard InChI is InChI=1S/C11H10O5/c1-13-11(12)10-9(16-10)6-2-3-7-8(4-6)15-5-14-7/h2-4,9-10H,5H2,1H3. The zero-order valence-corrected chi connectivity index (χ0v) is 8.64. The molecule has 2 aliphatic rings. The van der Waals surface area contributed by atoms with Crippen molar-refractivity contribution in [2.75, 3.05) is 13.9 Å². The van der Waals surface area contributed by atoms with Crippen molar-refractivity contribution in [2.24, 2.45) is 0 Å². The van der Waals surface area contributed by atoms with Gasteiger partial charge in [-0.3, -0.25) is 0 Å². The second-order valence-corrected chi connectivity index (χ2v) is 3.61. The molecular formula is C11H10O5. The average Bonchev–Trinajstić information content (AvgIpc) is 2.98. The van der Waals surface area contributed by atoms with Gasteiger partial charge in [-0.25, -0.2) is 4.79 Å². The first kappa shape index (κ1) is 9.47. The number of esters is 1. The van der Waals surface area contributed by atoms with Crippen LogP contribution in [0.4, 0.5) is 0 Å². The molecule has 1 saturated heterocycles. The fraction of sp³-hybridized carbons (Fsp3) is 0.364. The Balaban J connectivity index is 1.80. The minimum Gasteiger partial charge on any atom is -0.467 e. The van der Waals surface area contributed by atoms with Gasteiger partial charge in [0.05, 0.1) is 7.11 Å². The molecule has 3 rings (SSSR count). The van der Waals surface area contributed by atoms with Crippen LogP contribution in [0.1, 0.15) is 11.7 Å². The Morgan fingerprint density at radius 3 is 3.00 bits per heavy atom. The Morgan fingerprint density at radius 1 is 1.38 bits per heavy atom. The highest BCUT2D eigenvalue weighted by Crippen LogP contribution is 2.43. The van der Waals surface area contributed by atoms with Crippen LogP contribution in [0.2, 0.25) is 0 Å². The quantitative estimate of drug-likeness (QED) is 0.552. The maximum Gasteiger partial charge on any atom is 0.338 e. The molecule has 2 unspecified atom stereocenters. The Morgan fingerprint density at radius 2 is 2.19 bits per heavy atom. The van der Waals surface area contributed by atoms with Crippen molar-refractivity contribution < 1.29 is 23.7 Å². The molecule has 0 N–H and O–H groups in total. The Hall–Kier alpha value is -1.75. The molecule has 0 amide bonds. The number of carbonyl (C=O) groups excluding carboxylic acids is 1. The van der Waals surface area contributed by atoms with Crippen LogP contribution in [0.25, 0.3) is 0 Å². The van der Waals surface area contributed by atoms with E-state index in [0.717, 1.165) is 11.3 Å². The first-order valence-corrected chi connectivity index (χ1v) is 4.92. The Bertz CT molecular complexity index is 442. The molecule has 2 aliphatic heterocycles. The molecule has 0 aliphatic carbocycles. The summed E-state index contributed by atoms with van der Waals surface area (Å²) in [5.41, 5.74) is 0.902. The number of hydrogen-bond acceptors (Lipinski definition) is 5. The summed E-state index contributed by atoms with van der Waals surface area (Å²) in [5.74, 6) is 1.07. The van der Waals surface area contributed by atoms with Crippen LogP contribution in [-0.4, -0.2) is 26.0 Å². The van der Waals surface area contributed by atoms with E-state index in [9.17, 15) is 4.79 Å². The SMILES string of the molecule is COC(=O)C1OC1c1ccc2c(c1)OCO2. The number of epoxide rings is 1. The van der Waals surface area contributed by atoms with E-state index < -0.39 is 6.10 Å². The molecule has 5 nitrogen and oxygen atoms in total. The van der Waals surface area contributed by atoms with E-state index in [-0.39, 0.29) is 18.9 Å². The van der Waals surface area contributed by atoms with E-state index in [1.54, 1.807) is 0 Å². The molecule has 1 aromatic rings. The molecule has 0 aromatic heterocycles. The van der Waals surface area contributed by atoms with Crippen LogP contribution in [0, 0.1) is 0 Å². The maximum absolute atomic E-state index is 11.2. The number of ether oxygens (including phenoxy) is 4. The maximum atomic E-state index is 11.2. The second-order valence-electron chi connectivity index (χ2n) is 3.61.